The highest BCUT2D eigenvalue weighted by molar-refractivity contribution is 6.14. The predicted octanol–water partition coefficient (Wildman–Crippen LogP) is 13.7. The Kier molecular flexibility index (Phi) is 9.92. The number of hydrogen-bond acceptors (Lipinski definition) is 2. The molecule has 1 heterocycles. The van der Waals surface area contributed by atoms with E-state index in [1.807, 2.05) is 25.1 Å². The van der Waals surface area contributed by atoms with Crippen LogP contribution in [0.2, 0.25) is 0 Å². The molecule has 0 aliphatic heterocycles. The van der Waals surface area contributed by atoms with Crippen molar-refractivity contribution in [3.05, 3.63) is 223 Å². The maximum atomic E-state index is 4.50. The fourth-order valence-electron chi connectivity index (χ4n) is 7.88. The van der Waals surface area contributed by atoms with Crippen LogP contribution in [0.4, 0.5) is 11.4 Å². The first-order chi connectivity index (χ1) is 27.1. The summed E-state index contributed by atoms with van der Waals surface area (Å²) >= 11 is 0. The van der Waals surface area contributed by atoms with Crippen LogP contribution in [-0.2, 0) is 0 Å². The number of aliphatic imine (C=N–C) groups is 1. The largest absolute Gasteiger partial charge is 0.343 e. The van der Waals surface area contributed by atoms with Gasteiger partial charge in [0.1, 0.15) is 0 Å². The minimum atomic E-state index is -0.0723. The first-order valence-corrected chi connectivity index (χ1v) is 18.7. The van der Waals surface area contributed by atoms with Gasteiger partial charge in [-0.3, -0.25) is 4.99 Å². The Morgan fingerprint density at radius 2 is 1.31 bits per heavy atom. The fourth-order valence-corrected chi connectivity index (χ4v) is 7.88. The number of rotatable bonds is 11. The summed E-state index contributed by atoms with van der Waals surface area (Å²) in [6.45, 7) is 10.1. The van der Waals surface area contributed by atoms with Crippen molar-refractivity contribution in [2.24, 2.45) is 4.99 Å². The van der Waals surface area contributed by atoms with E-state index in [-0.39, 0.29) is 5.92 Å². The van der Waals surface area contributed by atoms with E-state index in [1.54, 1.807) is 0 Å². The van der Waals surface area contributed by atoms with Crippen LogP contribution in [0.15, 0.2) is 211 Å². The Balaban J connectivity index is 1.39. The van der Waals surface area contributed by atoms with E-state index in [9.17, 15) is 0 Å². The van der Waals surface area contributed by atoms with Gasteiger partial charge in [0, 0.05) is 35.0 Å². The second-order valence-electron chi connectivity index (χ2n) is 13.7. The molecule has 0 spiro atoms. The zero-order valence-corrected chi connectivity index (χ0v) is 31.3. The van der Waals surface area contributed by atoms with Crippen molar-refractivity contribution in [3.8, 4) is 27.9 Å². The quantitative estimate of drug-likeness (QED) is 0.0744. The average Bonchev–Trinajstić information content (AvgIpc) is 3.59. The van der Waals surface area contributed by atoms with Gasteiger partial charge in [-0.2, -0.15) is 0 Å². The fraction of sp³-hybridized carbons (Fsp3) is 0.0577. The molecule has 0 aliphatic rings. The highest BCUT2D eigenvalue weighted by Gasteiger charge is 2.24. The molecule has 7 aromatic carbocycles. The van der Waals surface area contributed by atoms with E-state index in [0.29, 0.717) is 0 Å². The molecule has 0 bridgehead atoms. The zero-order chi connectivity index (χ0) is 37.7. The predicted molar refractivity (Wildman–Crippen MR) is 236 cm³/mol. The van der Waals surface area contributed by atoms with Gasteiger partial charge in [-0.1, -0.05) is 158 Å². The van der Waals surface area contributed by atoms with Gasteiger partial charge in [-0.25, -0.2) is 0 Å². The van der Waals surface area contributed by atoms with E-state index < -0.39 is 0 Å². The molecule has 8 rings (SSSR count). The van der Waals surface area contributed by atoms with Crippen LogP contribution in [0.5, 0.6) is 0 Å². The van der Waals surface area contributed by atoms with E-state index in [1.165, 1.54) is 44.2 Å². The molecule has 1 aromatic heterocycles. The van der Waals surface area contributed by atoms with Crippen molar-refractivity contribution in [2.45, 2.75) is 12.8 Å². The Morgan fingerprint density at radius 1 is 0.655 bits per heavy atom. The molecule has 0 fully saturated rings. The first kappa shape index (κ1) is 35.1. The summed E-state index contributed by atoms with van der Waals surface area (Å²) in [5, 5.41) is 2.38. The van der Waals surface area contributed by atoms with Crippen LogP contribution < -0.4 is 4.90 Å². The normalized spacial score (nSPS) is 12.3. The lowest BCUT2D eigenvalue weighted by Crippen LogP contribution is -2.17. The van der Waals surface area contributed by atoms with Crippen LogP contribution >= 0.6 is 0 Å². The number of anilines is 1. The minimum Gasteiger partial charge on any atom is -0.343 e. The Bertz CT molecular complexity index is 2700. The summed E-state index contributed by atoms with van der Waals surface area (Å²) in [5.41, 5.74) is 14.6. The van der Waals surface area contributed by atoms with Crippen molar-refractivity contribution in [1.29, 1.82) is 0 Å². The van der Waals surface area contributed by atoms with Gasteiger partial charge in [0.05, 0.1) is 28.1 Å². The summed E-state index contributed by atoms with van der Waals surface area (Å²) in [4.78, 5) is 6.72. The van der Waals surface area contributed by atoms with Crippen LogP contribution in [-0.4, -0.2) is 18.3 Å². The Morgan fingerprint density at radius 3 is 2.04 bits per heavy atom. The molecule has 1 atom stereocenters. The second-order valence-corrected chi connectivity index (χ2v) is 13.7. The smallest absolute Gasteiger partial charge is 0.0699 e. The number of benzene rings is 7. The maximum Gasteiger partial charge on any atom is 0.0699 e. The molecule has 0 radical (unpaired) electrons. The molecule has 0 saturated carbocycles. The number of fused-ring (bicyclic) bond motifs is 3. The summed E-state index contributed by atoms with van der Waals surface area (Å²) in [6.07, 6.45) is 8.10. The molecule has 266 valence electrons. The van der Waals surface area contributed by atoms with Gasteiger partial charge in [0.25, 0.3) is 0 Å². The van der Waals surface area contributed by atoms with Crippen molar-refractivity contribution < 1.29 is 0 Å². The zero-order valence-electron chi connectivity index (χ0n) is 31.3. The minimum absolute atomic E-state index is 0.0723. The monoisotopic (exact) mass is 709 g/mol. The molecule has 0 aliphatic carbocycles. The summed E-state index contributed by atoms with van der Waals surface area (Å²) in [7, 11) is 2.11. The summed E-state index contributed by atoms with van der Waals surface area (Å²) in [5.74, 6) is -0.0723. The number of likely N-dealkylation sites (N-methyl/N-ethyl adjacent to an activating group) is 1. The molecule has 0 saturated heterocycles. The number of nitrogens with zero attached hydrogens (tertiary/aromatic N) is 3. The van der Waals surface area contributed by atoms with Crippen molar-refractivity contribution in [1.82, 2.24) is 4.57 Å². The lowest BCUT2D eigenvalue weighted by atomic mass is 9.83. The summed E-state index contributed by atoms with van der Waals surface area (Å²) in [6, 6.07) is 60.9. The van der Waals surface area contributed by atoms with Crippen LogP contribution in [0.1, 0.15) is 29.5 Å². The molecule has 3 nitrogen and oxygen atoms in total. The number of allylic oxidation sites excluding steroid dienone is 4. The van der Waals surface area contributed by atoms with Crippen molar-refractivity contribution in [2.75, 3.05) is 11.9 Å². The van der Waals surface area contributed by atoms with Gasteiger partial charge >= 0.3 is 0 Å². The maximum absolute atomic E-state index is 4.50. The van der Waals surface area contributed by atoms with E-state index in [2.05, 4.69) is 211 Å². The van der Waals surface area contributed by atoms with E-state index >= 15 is 0 Å². The Hall–Kier alpha value is -6.97. The van der Waals surface area contributed by atoms with Crippen LogP contribution in [0, 0.1) is 0 Å². The SMILES string of the molecule is C=C/C(=C\C=C/C)N(C)c1ccccc1-n1c2ccc(C(c3ccc(-c4ccccc4)cc3)c3ccccc3N=C)cc2c2cccc(-c3ccccc3)c21. The lowest BCUT2D eigenvalue weighted by molar-refractivity contribution is 0.979. The van der Waals surface area contributed by atoms with Gasteiger partial charge in [0.2, 0.25) is 0 Å². The second kappa shape index (κ2) is 15.6. The van der Waals surface area contributed by atoms with E-state index in [0.717, 1.165) is 39.4 Å². The highest BCUT2D eigenvalue weighted by atomic mass is 15.1. The Labute approximate surface area is 324 Å². The topological polar surface area (TPSA) is 20.5 Å². The van der Waals surface area contributed by atoms with Crippen LogP contribution in [0.3, 0.4) is 0 Å². The third kappa shape index (κ3) is 6.62. The molecular formula is C52H43N3. The van der Waals surface area contributed by atoms with Gasteiger partial charge in [-0.05, 0) is 89.5 Å². The van der Waals surface area contributed by atoms with Gasteiger partial charge in [0.15, 0.2) is 0 Å². The third-order valence-electron chi connectivity index (χ3n) is 10.5. The van der Waals surface area contributed by atoms with Gasteiger partial charge < -0.3 is 9.47 Å². The number of hydrogen-bond donors (Lipinski definition) is 0. The van der Waals surface area contributed by atoms with Gasteiger partial charge in [-0.15, -0.1) is 0 Å². The molecule has 3 heteroatoms. The lowest BCUT2D eigenvalue weighted by Gasteiger charge is -2.25. The number of para-hydroxylation sites is 4. The first-order valence-electron chi connectivity index (χ1n) is 18.7. The number of aromatic nitrogens is 1. The molecular weight excluding hydrogens is 667 g/mol. The highest BCUT2D eigenvalue weighted by Crippen LogP contribution is 2.44. The molecule has 0 amide bonds. The average molecular weight is 710 g/mol. The molecule has 0 N–H and O–H groups in total. The standard InChI is InChI=1S/C52H43N3/c1-5-7-23-42(6-2)54(4)49-28-16-17-29-50(49)55-48-35-34-41(36-46(48)44-26-18-25-43(52(44)55)39-21-12-9-13-22-39)51(45-24-14-15-27-47(45)53-3)40-32-30-38(31-33-40)37-19-10-8-11-20-37/h5-36,51H,2-3H2,1,4H3/b7-5-,42-23+. The van der Waals surface area contributed by atoms with E-state index in [4.69, 9.17) is 0 Å². The van der Waals surface area contributed by atoms with Crippen LogP contribution in [0.25, 0.3) is 49.7 Å². The van der Waals surface area contributed by atoms with Crippen molar-refractivity contribution >= 4 is 39.9 Å². The van der Waals surface area contributed by atoms with Crippen molar-refractivity contribution in [3.63, 3.8) is 0 Å². The molecule has 1 unspecified atom stereocenters. The molecule has 55 heavy (non-hydrogen) atoms. The summed E-state index contributed by atoms with van der Waals surface area (Å²) < 4.78 is 2.45. The third-order valence-corrected chi connectivity index (χ3v) is 10.5. The molecule has 8 aromatic rings.